The Bertz CT molecular complexity index is 415. The number of benzene rings is 1. The van der Waals surface area contributed by atoms with Crippen LogP contribution in [0.1, 0.15) is 36.7 Å². The summed E-state index contributed by atoms with van der Waals surface area (Å²) in [5.74, 6) is -0.101. The third kappa shape index (κ3) is 4.04. The number of rotatable bonds is 4. The Morgan fingerprint density at radius 3 is 2.39 bits per heavy atom. The Kier molecular flexibility index (Phi) is 4.35. The first-order valence-electron chi connectivity index (χ1n) is 6.05. The number of phenolic OH excluding ortho intramolecular Hbond substituents is 1. The Labute approximate surface area is 108 Å². The average molecular weight is 251 g/mol. The lowest BCUT2D eigenvalue weighted by Gasteiger charge is -2.28. The van der Waals surface area contributed by atoms with Crippen LogP contribution in [0, 0.1) is 6.92 Å². The molecule has 18 heavy (non-hydrogen) atoms. The number of aryl methyl sites for hydroxylation is 1. The van der Waals surface area contributed by atoms with E-state index in [9.17, 15) is 15.0 Å². The van der Waals surface area contributed by atoms with Gasteiger partial charge in [0.1, 0.15) is 5.75 Å². The van der Waals surface area contributed by atoms with Crippen molar-refractivity contribution in [3.63, 3.8) is 0 Å². The number of carbonyl (C=O) groups excluding carboxylic acids is 1. The highest BCUT2D eigenvalue weighted by Crippen LogP contribution is 2.17. The van der Waals surface area contributed by atoms with E-state index in [-0.39, 0.29) is 18.2 Å². The topological polar surface area (TPSA) is 60.8 Å². The van der Waals surface area contributed by atoms with Crippen molar-refractivity contribution in [2.75, 3.05) is 13.1 Å². The second-order valence-corrected chi connectivity index (χ2v) is 5.19. The molecule has 4 heteroatoms. The van der Waals surface area contributed by atoms with Gasteiger partial charge in [-0.2, -0.15) is 0 Å². The number of carbonyl (C=O) groups is 1. The average Bonchev–Trinajstić information content (AvgIpc) is 2.22. The molecule has 0 saturated carbocycles. The van der Waals surface area contributed by atoms with E-state index in [1.54, 1.807) is 30.9 Å². The monoisotopic (exact) mass is 251 g/mol. The molecule has 0 aliphatic rings. The quantitative estimate of drug-likeness (QED) is 0.859. The Morgan fingerprint density at radius 2 is 1.94 bits per heavy atom. The van der Waals surface area contributed by atoms with Crippen molar-refractivity contribution in [1.29, 1.82) is 0 Å². The molecular formula is C14H21NO3. The molecule has 0 aromatic heterocycles. The smallest absolute Gasteiger partial charge is 0.254 e. The summed E-state index contributed by atoms with van der Waals surface area (Å²) in [4.78, 5) is 13.8. The molecule has 0 bridgehead atoms. The van der Waals surface area contributed by atoms with E-state index in [4.69, 9.17) is 0 Å². The lowest BCUT2D eigenvalue weighted by atomic mass is 10.1. The molecule has 0 spiro atoms. The maximum Gasteiger partial charge on any atom is 0.254 e. The molecule has 100 valence electrons. The van der Waals surface area contributed by atoms with Crippen LogP contribution in [-0.2, 0) is 0 Å². The number of hydrogen-bond donors (Lipinski definition) is 2. The van der Waals surface area contributed by atoms with Crippen LogP contribution in [0.2, 0.25) is 0 Å². The second kappa shape index (κ2) is 5.40. The minimum atomic E-state index is -0.933. The predicted octanol–water partition coefficient (Wildman–Crippen LogP) is 1.93. The Balaban J connectivity index is 2.96. The van der Waals surface area contributed by atoms with E-state index in [0.29, 0.717) is 12.1 Å². The van der Waals surface area contributed by atoms with E-state index in [2.05, 4.69) is 0 Å². The number of aromatic hydroxyl groups is 1. The van der Waals surface area contributed by atoms with Crippen LogP contribution in [-0.4, -0.2) is 39.7 Å². The summed E-state index contributed by atoms with van der Waals surface area (Å²) in [7, 11) is 0. The van der Waals surface area contributed by atoms with Crippen molar-refractivity contribution in [2.24, 2.45) is 0 Å². The van der Waals surface area contributed by atoms with Crippen LogP contribution in [0.15, 0.2) is 18.2 Å². The number of aliphatic hydroxyl groups is 1. The van der Waals surface area contributed by atoms with Gasteiger partial charge in [-0.3, -0.25) is 4.79 Å². The van der Waals surface area contributed by atoms with Crippen LogP contribution in [0.25, 0.3) is 0 Å². The largest absolute Gasteiger partial charge is 0.508 e. The Morgan fingerprint density at radius 1 is 1.33 bits per heavy atom. The summed E-state index contributed by atoms with van der Waals surface area (Å²) < 4.78 is 0. The van der Waals surface area contributed by atoms with Crippen LogP contribution >= 0.6 is 0 Å². The number of phenols is 1. The van der Waals surface area contributed by atoms with Gasteiger partial charge in [-0.15, -0.1) is 0 Å². The van der Waals surface area contributed by atoms with Crippen molar-refractivity contribution in [3.8, 4) is 5.75 Å². The van der Waals surface area contributed by atoms with E-state index >= 15 is 0 Å². The highest BCUT2D eigenvalue weighted by Gasteiger charge is 2.22. The molecule has 0 heterocycles. The summed E-state index contributed by atoms with van der Waals surface area (Å²) in [6, 6.07) is 4.78. The lowest BCUT2D eigenvalue weighted by molar-refractivity contribution is 0.0314. The zero-order valence-electron chi connectivity index (χ0n) is 11.4. The normalized spacial score (nSPS) is 11.4. The van der Waals surface area contributed by atoms with Crippen LogP contribution < -0.4 is 0 Å². The molecule has 1 rings (SSSR count). The molecule has 1 aromatic rings. The highest BCUT2D eigenvalue weighted by molar-refractivity contribution is 5.94. The summed E-state index contributed by atoms with van der Waals surface area (Å²) >= 11 is 0. The van der Waals surface area contributed by atoms with Gasteiger partial charge in [0.25, 0.3) is 5.91 Å². The third-order valence-electron chi connectivity index (χ3n) is 2.56. The molecule has 0 saturated heterocycles. The maximum absolute atomic E-state index is 12.3. The molecule has 0 aliphatic heterocycles. The molecule has 2 N–H and O–H groups in total. The molecular weight excluding hydrogens is 230 g/mol. The van der Waals surface area contributed by atoms with Gasteiger partial charge < -0.3 is 15.1 Å². The fourth-order valence-corrected chi connectivity index (χ4v) is 1.86. The van der Waals surface area contributed by atoms with E-state index in [1.807, 2.05) is 13.8 Å². The van der Waals surface area contributed by atoms with Gasteiger partial charge in [0.05, 0.1) is 5.60 Å². The maximum atomic E-state index is 12.3. The highest BCUT2D eigenvalue weighted by atomic mass is 16.3. The number of hydrogen-bond acceptors (Lipinski definition) is 3. The fraction of sp³-hybridized carbons (Fsp3) is 0.500. The summed E-state index contributed by atoms with van der Waals surface area (Å²) in [5.41, 5.74) is 0.341. The number of amides is 1. The van der Waals surface area contributed by atoms with Crippen LogP contribution in [0.4, 0.5) is 0 Å². The molecule has 0 radical (unpaired) electrons. The molecule has 1 amide bonds. The Hall–Kier alpha value is -1.55. The molecule has 4 nitrogen and oxygen atoms in total. The van der Waals surface area contributed by atoms with Gasteiger partial charge in [0.2, 0.25) is 0 Å². The minimum Gasteiger partial charge on any atom is -0.508 e. The van der Waals surface area contributed by atoms with Gasteiger partial charge in [-0.1, -0.05) is 0 Å². The first-order chi connectivity index (χ1) is 8.23. The van der Waals surface area contributed by atoms with E-state index < -0.39 is 5.60 Å². The fourth-order valence-electron chi connectivity index (χ4n) is 1.86. The lowest BCUT2D eigenvalue weighted by Crippen LogP contribution is -2.42. The molecule has 0 unspecified atom stereocenters. The zero-order chi connectivity index (χ0) is 13.9. The molecule has 0 atom stereocenters. The van der Waals surface area contributed by atoms with Crippen molar-refractivity contribution in [2.45, 2.75) is 33.3 Å². The van der Waals surface area contributed by atoms with Crippen molar-refractivity contribution < 1.29 is 15.0 Å². The van der Waals surface area contributed by atoms with Gasteiger partial charge in [-0.25, -0.2) is 0 Å². The van der Waals surface area contributed by atoms with Crippen molar-refractivity contribution >= 4 is 5.91 Å². The minimum absolute atomic E-state index is 0.0812. The van der Waals surface area contributed by atoms with Crippen molar-refractivity contribution in [3.05, 3.63) is 29.3 Å². The summed E-state index contributed by atoms with van der Waals surface area (Å²) in [6.45, 7) is 7.78. The zero-order valence-corrected chi connectivity index (χ0v) is 11.4. The summed E-state index contributed by atoms with van der Waals surface area (Å²) in [5, 5.41) is 19.3. The molecule has 1 aromatic carbocycles. The van der Waals surface area contributed by atoms with Crippen molar-refractivity contribution in [1.82, 2.24) is 4.90 Å². The van der Waals surface area contributed by atoms with E-state index in [0.717, 1.165) is 5.56 Å². The predicted molar refractivity (Wildman–Crippen MR) is 70.7 cm³/mol. The SMILES string of the molecule is CCN(CC(C)(C)O)C(=O)c1cc(C)cc(O)c1. The standard InChI is InChI=1S/C14H21NO3/c1-5-15(9-14(3,4)18)13(17)11-6-10(2)7-12(16)8-11/h6-8,16,18H,5,9H2,1-4H3. The van der Waals surface area contributed by atoms with Crippen LogP contribution in [0.5, 0.6) is 5.75 Å². The van der Waals surface area contributed by atoms with E-state index in [1.165, 1.54) is 6.07 Å². The van der Waals surface area contributed by atoms with Gasteiger partial charge in [0, 0.05) is 18.7 Å². The van der Waals surface area contributed by atoms with Crippen LogP contribution in [0.3, 0.4) is 0 Å². The van der Waals surface area contributed by atoms with Gasteiger partial charge in [0.15, 0.2) is 0 Å². The third-order valence-corrected chi connectivity index (χ3v) is 2.56. The second-order valence-electron chi connectivity index (χ2n) is 5.19. The first kappa shape index (κ1) is 14.5. The number of likely N-dealkylation sites (N-methyl/N-ethyl adjacent to an activating group) is 1. The number of nitrogens with zero attached hydrogens (tertiary/aromatic N) is 1. The molecule has 0 fully saturated rings. The first-order valence-corrected chi connectivity index (χ1v) is 6.05. The molecule has 0 aliphatic carbocycles. The van der Waals surface area contributed by atoms with Gasteiger partial charge >= 0.3 is 0 Å². The van der Waals surface area contributed by atoms with Gasteiger partial charge in [-0.05, 0) is 51.5 Å². The summed E-state index contributed by atoms with van der Waals surface area (Å²) in [6.07, 6.45) is 0.